The zero-order valence-electron chi connectivity index (χ0n) is 8.31. The van der Waals surface area contributed by atoms with Crippen LogP contribution in [0, 0.1) is 6.92 Å². The lowest BCUT2D eigenvalue weighted by molar-refractivity contribution is 0.741. The lowest BCUT2D eigenvalue weighted by Gasteiger charge is -2.18. The van der Waals surface area contributed by atoms with Gasteiger partial charge in [0.05, 0.1) is 0 Å². The average molecular weight is 255 g/mol. The van der Waals surface area contributed by atoms with Gasteiger partial charge in [0.15, 0.2) is 0 Å². The Bertz CT molecular complexity index is 345. The number of anilines is 1. The maximum atomic E-state index is 5.73. The van der Waals surface area contributed by atoms with Crippen LogP contribution in [0.15, 0.2) is 22.7 Å². The summed E-state index contributed by atoms with van der Waals surface area (Å²) in [6.07, 6.45) is 2.37. The molecule has 1 saturated carbocycles. The van der Waals surface area contributed by atoms with Gasteiger partial charge in [0.2, 0.25) is 0 Å². The Morgan fingerprint density at radius 3 is 2.79 bits per heavy atom. The third-order valence-corrected chi connectivity index (χ3v) is 3.46. The summed E-state index contributed by atoms with van der Waals surface area (Å²) in [5.41, 5.74) is 8.33. The first-order valence-corrected chi connectivity index (χ1v) is 5.69. The predicted octanol–water partition coefficient (Wildman–Crippen LogP) is 2.66. The van der Waals surface area contributed by atoms with Crippen LogP contribution < -0.4 is 11.1 Å². The first kappa shape index (κ1) is 9.99. The summed E-state index contributed by atoms with van der Waals surface area (Å²) in [7, 11) is 0. The van der Waals surface area contributed by atoms with Crippen LogP contribution in [0.4, 0.5) is 5.69 Å². The second-order valence-corrected chi connectivity index (χ2v) is 4.95. The highest BCUT2D eigenvalue weighted by Crippen LogP contribution is 2.39. The van der Waals surface area contributed by atoms with Gasteiger partial charge in [-0.2, -0.15) is 0 Å². The molecule has 0 radical (unpaired) electrons. The summed E-state index contributed by atoms with van der Waals surface area (Å²) in [5.74, 6) is 0. The number of hydrogen-bond acceptors (Lipinski definition) is 2. The van der Waals surface area contributed by atoms with Crippen molar-refractivity contribution >= 4 is 21.6 Å². The second kappa shape index (κ2) is 3.55. The topological polar surface area (TPSA) is 38.0 Å². The molecule has 1 aliphatic carbocycles. The van der Waals surface area contributed by atoms with Crippen molar-refractivity contribution in [3.63, 3.8) is 0 Å². The second-order valence-electron chi connectivity index (χ2n) is 4.09. The molecular formula is C11H15BrN2. The number of nitrogens with one attached hydrogen (secondary N) is 1. The van der Waals surface area contributed by atoms with Crippen molar-refractivity contribution in [3.8, 4) is 0 Å². The van der Waals surface area contributed by atoms with Crippen molar-refractivity contribution in [2.75, 3.05) is 11.9 Å². The van der Waals surface area contributed by atoms with Gasteiger partial charge >= 0.3 is 0 Å². The summed E-state index contributed by atoms with van der Waals surface area (Å²) in [6, 6.07) is 6.32. The summed E-state index contributed by atoms with van der Waals surface area (Å²) in [6.45, 7) is 2.81. The van der Waals surface area contributed by atoms with Crippen molar-refractivity contribution in [2.24, 2.45) is 5.73 Å². The van der Waals surface area contributed by atoms with Crippen LogP contribution >= 0.6 is 15.9 Å². The normalized spacial score (nSPS) is 17.9. The van der Waals surface area contributed by atoms with Gasteiger partial charge in [0, 0.05) is 22.2 Å². The van der Waals surface area contributed by atoms with E-state index in [1.807, 2.05) is 0 Å². The molecule has 1 aromatic rings. The third kappa shape index (κ3) is 1.93. The van der Waals surface area contributed by atoms with E-state index in [9.17, 15) is 0 Å². The quantitative estimate of drug-likeness (QED) is 0.871. The lowest BCUT2D eigenvalue weighted by atomic mass is 10.2. The molecule has 14 heavy (non-hydrogen) atoms. The van der Waals surface area contributed by atoms with E-state index in [-0.39, 0.29) is 5.54 Å². The molecule has 0 amide bonds. The molecule has 2 nitrogen and oxygen atoms in total. The van der Waals surface area contributed by atoms with E-state index in [1.54, 1.807) is 0 Å². The van der Waals surface area contributed by atoms with Gasteiger partial charge in [-0.15, -0.1) is 0 Å². The van der Waals surface area contributed by atoms with Gasteiger partial charge in [0.1, 0.15) is 0 Å². The molecule has 0 bridgehead atoms. The Morgan fingerprint density at radius 2 is 2.21 bits per heavy atom. The van der Waals surface area contributed by atoms with E-state index in [2.05, 4.69) is 46.4 Å². The number of aryl methyl sites for hydroxylation is 1. The third-order valence-electron chi connectivity index (χ3n) is 2.77. The maximum Gasteiger partial charge on any atom is 0.0497 e. The van der Waals surface area contributed by atoms with Crippen LogP contribution in [0.25, 0.3) is 0 Å². The summed E-state index contributed by atoms with van der Waals surface area (Å²) < 4.78 is 1.11. The smallest absolute Gasteiger partial charge is 0.0497 e. The molecule has 0 heterocycles. The molecule has 1 aliphatic rings. The Kier molecular flexibility index (Phi) is 2.54. The monoisotopic (exact) mass is 254 g/mol. The molecule has 1 fully saturated rings. The molecule has 3 N–H and O–H groups in total. The average Bonchev–Trinajstić information content (AvgIpc) is 2.92. The van der Waals surface area contributed by atoms with E-state index in [1.165, 1.54) is 18.4 Å². The molecule has 0 spiro atoms. The van der Waals surface area contributed by atoms with Crippen molar-refractivity contribution < 1.29 is 0 Å². The van der Waals surface area contributed by atoms with Crippen LogP contribution in [-0.2, 0) is 0 Å². The highest BCUT2D eigenvalue weighted by molar-refractivity contribution is 9.10. The van der Waals surface area contributed by atoms with Gasteiger partial charge < -0.3 is 11.1 Å². The van der Waals surface area contributed by atoms with E-state index < -0.39 is 0 Å². The molecular weight excluding hydrogens is 240 g/mol. The van der Waals surface area contributed by atoms with Crippen molar-refractivity contribution in [1.29, 1.82) is 0 Å². The zero-order valence-corrected chi connectivity index (χ0v) is 9.89. The van der Waals surface area contributed by atoms with Crippen LogP contribution in [0.3, 0.4) is 0 Å². The van der Waals surface area contributed by atoms with Gasteiger partial charge in [-0.05, 0) is 53.4 Å². The fraction of sp³-hybridized carbons (Fsp3) is 0.455. The Labute approximate surface area is 93.0 Å². The standard InChI is InChI=1S/C11H15BrN2/c1-8-2-3-9(12)10(6-8)14-11(7-13)4-5-11/h2-3,6,14H,4-5,7,13H2,1H3. The lowest BCUT2D eigenvalue weighted by Crippen LogP contribution is -2.30. The Balaban J connectivity index is 2.20. The number of rotatable bonds is 3. The summed E-state index contributed by atoms with van der Waals surface area (Å²) in [5, 5.41) is 3.52. The molecule has 0 aliphatic heterocycles. The number of nitrogens with two attached hydrogens (primary N) is 1. The molecule has 0 unspecified atom stereocenters. The summed E-state index contributed by atoms with van der Waals surface area (Å²) in [4.78, 5) is 0. The first-order valence-electron chi connectivity index (χ1n) is 4.90. The largest absolute Gasteiger partial charge is 0.377 e. The summed E-state index contributed by atoms with van der Waals surface area (Å²) >= 11 is 3.54. The molecule has 0 aromatic heterocycles. The van der Waals surface area contributed by atoms with Gasteiger partial charge in [0.25, 0.3) is 0 Å². The molecule has 0 saturated heterocycles. The van der Waals surface area contributed by atoms with Gasteiger partial charge in [-0.1, -0.05) is 6.07 Å². The number of halogens is 1. The SMILES string of the molecule is Cc1ccc(Br)c(NC2(CN)CC2)c1. The fourth-order valence-electron chi connectivity index (χ4n) is 1.55. The van der Waals surface area contributed by atoms with Gasteiger partial charge in [-0.25, -0.2) is 0 Å². The Morgan fingerprint density at radius 1 is 1.50 bits per heavy atom. The molecule has 1 aromatic carbocycles. The molecule has 3 heteroatoms. The van der Waals surface area contributed by atoms with Crippen LogP contribution in [0.2, 0.25) is 0 Å². The number of benzene rings is 1. The van der Waals surface area contributed by atoms with Crippen molar-refractivity contribution in [1.82, 2.24) is 0 Å². The fourth-order valence-corrected chi connectivity index (χ4v) is 1.90. The molecule has 0 atom stereocenters. The minimum Gasteiger partial charge on any atom is -0.377 e. The van der Waals surface area contributed by atoms with Crippen LogP contribution in [0.1, 0.15) is 18.4 Å². The van der Waals surface area contributed by atoms with Crippen LogP contribution in [-0.4, -0.2) is 12.1 Å². The predicted molar refractivity (Wildman–Crippen MR) is 63.5 cm³/mol. The van der Waals surface area contributed by atoms with E-state index in [4.69, 9.17) is 5.73 Å². The minimum atomic E-state index is 0.177. The first-order chi connectivity index (χ1) is 6.65. The minimum absolute atomic E-state index is 0.177. The van der Waals surface area contributed by atoms with Crippen molar-refractivity contribution in [3.05, 3.63) is 28.2 Å². The van der Waals surface area contributed by atoms with Gasteiger partial charge in [-0.3, -0.25) is 0 Å². The van der Waals surface area contributed by atoms with E-state index in [0.29, 0.717) is 6.54 Å². The van der Waals surface area contributed by atoms with Crippen LogP contribution in [0.5, 0.6) is 0 Å². The number of hydrogen-bond donors (Lipinski definition) is 2. The molecule has 2 rings (SSSR count). The van der Waals surface area contributed by atoms with Crippen molar-refractivity contribution in [2.45, 2.75) is 25.3 Å². The molecule has 76 valence electrons. The highest BCUT2D eigenvalue weighted by atomic mass is 79.9. The van der Waals surface area contributed by atoms with E-state index in [0.717, 1.165) is 10.2 Å². The highest BCUT2D eigenvalue weighted by Gasteiger charge is 2.41. The zero-order chi connectivity index (χ0) is 10.2. The van der Waals surface area contributed by atoms with E-state index >= 15 is 0 Å². The maximum absolute atomic E-state index is 5.73. The Hall–Kier alpha value is -0.540.